The van der Waals surface area contributed by atoms with Gasteiger partial charge in [0.15, 0.2) is 23.3 Å². The number of hydrogen-bond acceptors (Lipinski definition) is 9. The highest BCUT2D eigenvalue weighted by Crippen LogP contribution is 2.28. The maximum absolute atomic E-state index is 12.6. The summed E-state index contributed by atoms with van der Waals surface area (Å²) in [5.74, 6) is 1.18. The zero-order chi connectivity index (χ0) is 27.8. The van der Waals surface area contributed by atoms with Crippen LogP contribution in [0, 0.1) is 0 Å². The van der Waals surface area contributed by atoms with Crippen LogP contribution in [-0.4, -0.2) is 76.7 Å². The number of thioether (sulfide) groups is 1. The van der Waals surface area contributed by atoms with Crippen LogP contribution in [0.25, 0.3) is 0 Å². The van der Waals surface area contributed by atoms with E-state index in [2.05, 4.69) is 20.7 Å². The van der Waals surface area contributed by atoms with Gasteiger partial charge in [-0.1, -0.05) is 23.9 Å². The van der Waals surface area contributed by atoms with Gasteiger partial charge in [0, 0.05) is 31.5 Å². The molecule has 3 aromatic rings. The molecule has 0 aliphatic carbocycles. The quantitative estimate of drug-likeness (QED) is 0.232. The fourth-order valence-electron chi connectivity index (χ4n) is 4.03. The molecule has 0 spiro atoms. The second kappa shape index (κ2) is 13.3. The lowest BCUT2D eigenvalue weighted by Crippen LogP contribution is -2.49. The number of carbonyl (C=O) groups is 2. The average Bonchev–Trinajstić information content (AvgIpc) is 3.34. The molecular weight excluding hydrogens is 520 g/mol. The molecule has 0 bridgehead atoms. The number of carbonyl (C=O) groups excluding carboxylic acids is 2. The highest BCUT2D eigenvalue weighted by atomic mass is 32.2. The van der Waals surface area contributed by atoms with Crippen molar-refractivity contribution in [1.29, 1.82) is 0 Å². The van der Waals surface area contributed by atoms with Crippen molar-refractivity contribution in [2.45, 2.75) is 37.0 Å². The second-order valence-electron chi connectivity index (χ2n) is 9.16. The number of aryl methyl sites for hydroxylation is 1. The van der Waals surface area contributed by atoms with Gasteiger partial charge in [0.2, 0.25) is 0 Å². The maximum atomic E-state index is 12.6. The second-order valence-corrected chi connectivity index (χ2v) is 10.1. The third-order valence-electron chi connectivity index (χ3n) is 5.94. The predicted molar refractivity (Wildman–Crippen MR) is 147 cm³/mol. The first-order valence-corrected chi connectivity index (χ1v) is 13.4. The number of rotatable bonds is 10. The summed E-state index contributed by atoms with van der Waals surface area (Å²) in [7, 11) is 3.42. The number of aromatic nitrogens is 3. The molecule has 2 heterocycles. The molecule has 0 radical (unpaired) electrons. The fourth-order valence-corrected chi connectivity index (χ4v) is 4.87. The van der Waals surface area contributed by atoms with Crippen molar-refractivity contribution >= 4 is 29.8 Å². The summed E-state index contributed by atoms with van der Waals surface area (Å²) in [6.45, 7) is 4.87. The van der Waals surface area contributed by atoms with Crippen LogP contribution in [0.2, 0.25) is 0 Å². The van der Waals surface area contributed by atoms with E-state index >= 15 is 0 Å². The van der Waals surface area contributed by atoms with E-state index < -0.39 is 0 Å². The average molecular weight is 553 g/mol. The van der Waals surface area contributed by atoms with E-state index in [1.807, 2.05) is 37.6 Å². The van der Waals surface area contributed by atoms with E-state index in [4.69, 9.17) is 14.2 Å². The van der Waals surface area contributed by atoms with E-state index in [1.54, 1.807) is 53.3 Å². The normalized spacial score (nSPS) is 17.3. The number of amides is 2. The Bertz CT molecular complexity index is 1300. The summed E-state index contributed by atoms with van der Waals surface area (Å²) in [5, 5.41) is 12.8. The van der Waals surface area contributed by atoms with E-state index in [9.17, 15) is 9.59 Å². The summed E-state index contributed by atoms with van der Waals surface area (Å²) in [5.41, 5.74) is 4.79. The lowest BCUT2D eigenvalue weighted by Gasteiger charge is -2.35. The van der Waals surface area contributed by atoms with E-state index in [0.717, 1.165) is 10.7 Å². The minimum Gasteiger partial charge on any atom is -0.493 e. The lowest BCUT2D eigenvalue weighted by atomic mass is 10.1. The van der Waals surface area contributed by atoms with Crippen LogP contribution in [0.1, 0.15) is 35.3 Å². The van der Waals surface area contributed by atoms with Crippen LogP contribution in [0.5, 0.6) is 11.5 Å². The Balaban J connectivity index is 1.27. The van der Waals surface area contributed by atoms with Gasteiger partial charge in [-0.15, -0.1) is 10.2 Å². The number of benzene rings is 2. The van der Waals surface area contributed by atoms with Crippen LogP contribution in [0.15, 0.2) is 59.0 Å². The molecule has 2 amide bonds. The highest BCUT2D eigenvalue weighted by molar-refractivity contribution is 7.98. The molecule has 2 aromatic carbocycles. The van der Waals surface area contributed by atoms with Gasteiger partial charge in [0.05, 0.1) is 25.5 Å². The molecule has 1 saturated heterocycles. The van der Waals surface area contributed by atoms with Crippen LogP contribution >= 0.6 is 11.8 Å². The number of nitrogens with zero attached hydrogens (tertiary/aromatic N) is 5. The van der Waals surface area contributed by atoms with E-state index in [1.165, 1.54) is 13.3 Å². The molecule has 1 N–H and O–H groups in total. The Morgan fingerprint density at radius 1 is 1.15 bits per heavy atom. The van der Waals surface area contributed by atoms with Crippen molar-refractivity contribution < 1.29 is 23.8 Å². The van der Waals surface area contributed by atoms with Crippen molar-refractivity contribution in [3.05, 3.63) is 65.5 Å². The molecule has 0 saturated carbocycles. The minimum absolute atomic E-state index is 0.00898. The van der Waals surface area contributed by atoms with E-state index in [0.29, 0.717) is 41.5 Å². The first-order valence-electron chi connectivity index (χ1n) is 12.5. The summed E-state index contributed by atoms with van der Waals surface area (Å²) in [6.07, 6.45) is 3.15. The van der Waals surface area contributed by atoms with Crippen LogP contribution in [0.3, 0.4) is 0 Å². The van der Waals surface area contributed by atoms with Crippen molar-refractivity contribution in [2.24, 2.45) is 12.1 Å². The Hall–Kier alpha value is -3.90. The molecule has 12 heteroatoms. The standard InChI is InChI=1S/C27H32N6O5S/c1-18-13-33(14-19(2)38-18)25(34)15-37-23-10-7-21(11-24(23)36-4)12-28-30-26(35)22-8-5-20(6-9-22)16-39-27-31-29-17-32(27)3/h5-12,17-19H,13-16H2,1-4H3,(H,30,35). The zero-order valence-electron chi connectivity index (χ0n) is 22.4. The SMILES string of the molecule is COc1cc(C=NNC(=O)c2ccc(CSc3nncn3C)cc2)ccc1OCC(=O)N1CC(C)OC(C)C1. The molecule has 2 unspecified atom stereocenters. The number of ether oxygens (including phenoxy) is 3. The number of hydrogen-bond donors (Lipinski definition) is 1. The van der Waals surface area contributed by atoms with Crippen molar-refractivity contribution in [3.63, 3.8) is 0 Å². The topological polar surface area (TPSA) is 120 Å². The Kier molecular flexibility index (Phi) is 9.55. The number of morpholine rings is 1. The third kappa shape index (κ3) is 7.80. The number of methoxy groups -OCH3 is 1. The predicted octanol–water partition coefficient (Wildman–Crippen LogP) is 2.89. The Labute approximate surface area is 231 Å². The van der Waals surface area contributed by atoms with Gasteiger partial charge in [0.1, 0.15) is 6.33 Å². The van der Waals surface area contributed by atoms with Crippen LogP contribution < -0.4 is 14.9 Å². The van der Waals surface area contributed by atoms with Crippen molar-refractivity contribution in [2.75, 3.05) is 26.8 Å². The molecule has 1 aliphatic heterocycles. The van der Waals surface area contributed by atoms with Gasteiger partial charge in [0.25, 0.3) is 11.8 Å². The first kappa shape index (κ1) is 28.1. The molecule has 1 fully saturated rings. The molecule has 2 atom stereocenters. The molecule has 11 nitrogen and oxygen atoms in total. The Morgan fingerprint density at radius 2 is 1.90 bits per heavy atom. The summed E-state index contributed by atoms with van der Waals surface area (Å²) in [6, 6.07) is 12.5. The Morgan fingerprint density at radius 3 is 2.56 bits per heavy atom. The van der Waals surface area contributed by atoms with Gasteiger partial charge < -0.3 is 23.7 Å². The van der Waals surface area contributed by atoms with Gasteiger partial charge in [-0.2, -0.15) is 5.10 Å². The molecule has 1 aliphatic rings. The zero-order valence-corrected chi connectivity index (χ0v) is 23.2. The smallest absolute Gasteiger partial charge is 0.271 e. The number of hydrazone groups is 1. The minimum atomic E-state index is -0.323. The molecule has 4 rings (SSSR count). The summed E-state index contributed by atoms with van der Waals surface area (Å²) >= 11 is 1.57. The first-order chi connectivity index (χ1) is 18.8. The summed E-state index contributed by atoms with van der Waals surface area (Å²) < 4.78 is 18.7. The van der Waals surface area contributed by atoms with Crippen LogP contribution in [0.4, 0.5) is 0 Å². The van der Waals surface area contributed by atoms with E-state index in [-0.39, 0.29) is 30.6 Å². The highest BCUT2D eigenvalue weighted by Gasteiger charge is 2.26. The molecule has 1 aromatic heterocycles. The van der Waals surface area contributed by atoms with Crippen molar-refractivity contribution in [1.82, 2.24) is 25.1 Å². The maximum Gasteiger partial charge on any atom is 0.271 e. The monoisotopic (exact) mass is 552 g/mol. The van der Waals surface area contributed by atoms with Gasteiger partial charge in [-0.05, 0) is 55.3 Å². The largest absolute Gasteiger partial charge is 0.493 e. The van der Waals surface area contributed by atoms with Gasteiger partial charge in [-0.3, -0.25) is 9.59 Å². The lowest BCUT2D eigenvalue weighted by molar-refractivity contribution is -0.145. The third-order valence-corrected chi connectivity index (χ3v) is 7.05. The number of nitrogens with one attached hydrogen (secondary N) is 1. The van der Waals surface area contributed by atoms with Crippen LogP contribution in [-0.2, 0) is 22.3 Å². The molecular formula is C27H32N6O5S. The molecule has 206 valence electrons. The molecule has 39 heavy (non-hydrogen) atoms. The van der Waals surface area contributed by atoms with Gasteiger partial charge in [-0.25, -0.2) is 5.43 Å². The summed E-state index contributed by atoms with van der Waals surface area (Å²) in [4.78, 5) is 26.8. The fraction of sp³-hybridized carbons (Fsp3) is 0.370. The van der Waals surface area contributed by atoms with Crippen molar-refractivity contribution in [3.8, 4) is 11.5 Å². The van der Waals surface area contributed by atoms with Gasteiger partial charge >= 0.3 is 0 Å².